The molecule has 0 heterocycles. The summed E-state index contributed by atoms with van der Waals surface area (Å²) in [5, 5.41) is 21.3. The van der Waals surface area contributed by atoms with Gasteiger partial charge < -0.3 is 0 Å². The Balaban J connectivity index is 1.77. The number of alkyl halides is 1. The molecule has 15 heteroatoms. The third kappa shape index (κ3) is 8.15. The molecule has 0 aromatic heterocycles. The van der Waals surface area contributed by atoms with Crippen LogP contribution in [-0.4, -0.2) is 44.6 Å². The Morgan fingerprint density at radius 1 is 0.794 bits per heavy atom. The fourth-order valence-electron chi connectivity index (χ4n) is 2.48. The van der Waals surface area contributed by atoms with Crippen molar-refractivity contribution in [1.29, 1.82) is 0 Å². The summed E-state index contributed by atoms with van der Waals surface area (Å²) in [5.74, 6) is 5.60. The van der Waals surface area contributed by atoms with Crippen LogP contribution in [0.3, 0.4) is 0 Å². The van der Waals surface area contributed by atoms with Gasteiger partial charge in [-0.2, -0.15) is 0 Å². The average Bonchev–Trinajstić information content (AvgIpc) is 2.78. The van der Waals surface area contributed by atoms with Gasteiger partial charge in [0.2, 0.25) is 20.0 Å². The Morgan fingerprint density at radius 2 is 1.21 bits per heavy atom. The van der Waals surface area contributed by atoms with Crippen LogP contribution in [-0.2, 0) is 20.0 Å². The maximum atomic E-state index is 12.2. The summed E-state index contributed by atoms with van der Waals surface area (Å²) < 4.78 is 53.5. The third-order valence-electron chi connectivity index (χ3n) is 4.21. The molecule has 0 aliphatic heterocycles. The van der Waals surface area contributed by atoms with Gasteiger partial charge >= 0.3 is 0 Å². The van der Waals surface area contributed by atoms with Crippen LogP contribution >= 0.6 is 15.9 Å². The molecule has 0 saturated carbocycles. The van der Waals surface area contributed by atoms with Crippen LogP contribution in [0.25, 0.3) is 0 Å². The van der Waals surface area contributed by atoms with Crippen molar-refractivity contribution in [3.63, 3.8) is 0 Å². The summed E-state index contributed by atoms with van der Waals surface area (Å²) >= 11 is 3.30. The van der Waals surface area contributed by atoms with E-state index in [0.29, 0.717) is 6.42 Å². The van der Waals surface area contributed by atoms with Gasteiger partial charge in [-0.1, -0.05) is 21.9 Å². The topological polar surface area (TPSA) is 179 Å². The SMILES string of the molecule is O=[N+]([O-])c1ccc(S(=O)(=O)NCCC#CC(Br)CCNS(=O)(=O)c2ccc([N+](=O)[O-])cc2)cc1. The minimum Gasteiger partial charge on any atom is -0.258 e. The van der Waals surface area contributed by atoms with Crippen molar-refractivity contribution in [3.05, 3.63) is 68.8 Å². The van der Waals surface area contributed by atoms with E-state index in [-0.39, 0.29) is 45.5 Å². The second kappa shape index (κ2) is 12.0. The molecule has 0 spiro atoms. The Labute approximate surface area is 204 Å². The van der Waals surface area contributed by atoms with Crippen LogP contribution in [0.5, 0.6) is 0 Å². The van der Waals surface area contributed by atoms with Gasteiger partial charge in [0, 0.05) is 43.8 Å². The maximum absolute atomic E-state index is 12.2. The van der Waals surface area contributed by atoms with Crippen molar-refractivity contribution in [1.82, 2.24) is 9.44 Å². The highest BCUT2D eigenvalue weighted by Gasteiger charge is 2.16. The number of rotatable bonds is 11. The molecule has 0 aliphatic rings. The van der Waals surface area contributed by atoms with Crippen LogP contribution in [0.4, 0.5) is 11.4 Å². The first-order valence-corrected chi connectivity index (χ1v) is 13.4. The minimum absolute atomic E-state index is 0.0127. The van der Waals surface area contributed by atoms with Crippen LogP contribution in [0.2, 0.25) is 0 Å². The molecule has 0 radical (unpaired) electrons. The molecule has 182 valence electrons. The fourth-order valence-corrected chi connectivity index (χ4v) is 4.95. The van der Waals surface area contributed by atoms with E-state index in [0.717, 1.165) is 48.5 Å². The predicted octanol–water partition coefficient (Wildman–Crippen LogP) is 2.31. The Bertz CT molecular complexity index is 1300. The van der Waals surface area contributed by atoms with Gasteiger partial charge in [0.15, 0.2) is 0 Å². The van der Waals surface area contributed by atoms with E-state index >= 15 is 0 Å². The molecule has 0 amide bonds. The number of hydrogen-bond donors (Lipinski definition) is 2. The van der Waals surface area contributed by atoms with Crippen molar-refractivity contribution in [3.8, 4) is 11.8 Å². The summed E-state index contributed by atoms with van der Waals surface area (Å²) in [5.41, 5.74) is -0.437. The predicted molar refractivity (Wildman–Crippen MR) is 126 cm³/mol. The Morgan fingerprint density at radius 3 is 1.62 bits per heavy atom. The van der Waals surface area contributed by atoms with Gasteiger partial charge in [0.25, 0.3) is 11.4 Å². The smallest absolute Gasteiger partial charge is 0.258 e. The molecular weight excluding hydrogens is 556 g/mol. The molecular formula is C19H19BrN4O8S2. The van der Waals surface area contributed by atoms with E-state index in [1.807, 2.05) is 0 Å². The van der Waals surface area contributed by atoms with Crippen LogP contribution in [0, 0.1) is 32.1 Å². The van der Waals surface area contributed by atoms with E-state index in [1.54, 1.807) is 0 Å². The lowest BCUT2D eigenvalue weighted by Gasteiger charge is -2.07. The summed E-state index contributed by atoms with van der Waals surface area (Å²) in [4.78, 5) is 19.5. The van der Waals surface area contributed by atoms with Gasteiger partial charge in [0.05, 0.1) is 24.5 Å². The maximum Gasteiger partial charge on any atom is 0.269 e. The first-order chi connectivity index (χ1) is 15.9. The molecule has 0 fully saturated rings. The lowest BCUT2D eigenvalue weighted by Crippen LogP contribution is -2.26. The van der Waals surface area contributed by atoms with E-state index < -0.39 is 29.9 Å². The summed E-state index contributed by atoms with van der Waals surface area (Å²) in [6.45, 7) is 0.0650. The average molecular weight is 575 g/mol. The van der Waals surface area contributed by atoms with Crippen molar-refractivity contribution in [2.45, 2.75) is 27.5 Å². The third-order valence-corrected chi connectivity index (χ3v) is 7.85. The van der Waals surface area contributed by atoms with Gasteiger partial charge in [-0.15, -0.1) is 5.92 Å². The van der Waals surface area contributed by atoms with E-state index in [1.165, 1.54) is 0 Å². The van der Waals surface area contributed by atoms with Crippen molar-refractivity contribution >= 4 is 47.4 Å². The molecule has 0 bridgehead atoms. The highest BCUT2D eigenvalue weighted by molar-refractivity contribution is 9.09. The zero-order valence-electron chi connectivity index (χ0n) is 17.4. The van der Waals surface area contributed by atoms with Crippen LogP contribution < -0.4 is 9.44 Å². The Hall–Kier alpha value is -2.90. The van der Waals surface area contributed by atoms with Crippen molar-refractivity contribution in [2.75, 3.05) is 13.1 Å². The van der Waals surface area contributed by atoms with E-state index in [2.05, 4.69) is 37.2 Å². The molecule has 0 saturated heterocycles. The standard InChI is InChI=1S/C19H19BrN4O8S2/c20-15(12-14-22-34(31,32)19-10-6-17(7-11-19)24(27)28)3-1-2-13-21-33(29,30)18-8-4-16(5-9-18)23(25)26/h4-11,15,21-22H,2,12-14H2. The van der Waals surface area contributed by atoms with Crippen LogP contribution in [0.1, 0.15) is 12.8 Å². The number of hydrogen-bond acceptors (Lipinski definition) is 8. The first-order valence-electron chi connectivity index (χ1n) is 9.53. The number of benzene rings is 2. The van der Waals surface area contributed by atoms with Crippen LogP contribution in [0.15, 0.2) is 58.3 Å². The molecule has 2 N–H and O–H groups in total. The van der Waals surface area contributed by atoms with E-state index in [9.17, 15) is 37.1 Å². The van der Waals surface area contributed by atoms with Crippen molar-refractivity contribution < 1.29 is 26.7 Å². The molecule has 34 heavy (non-hydrogen) atoms. The molecule has 1 unspecified atom stereocenters. The Kier molecular flexibility index (Phi) is 9.65. The lowest BCUT2D eigenvalue weighted by molar-refractivity contribution is -0.385. The number of sulfonamides is 2. The first kappa shape index (κ1) is 27.3. The van der Waals surface area contributed by atoms with Gasteiger partial charge in [-0.25, -0.2) is 26.3 Å². The molecule has 2 rings (SSSR count). The van der Waals surface area contributed by atoms with Crippen molar-refractivity contribution in [2.24, 2.45) is 0 Å². The molecule has 1 atom stereocenters. The van der Waals surface area contributed by atoms with Gasteiger partial charge in [0.1, 0.15) is 0 Å². The zero-order valence-corrected chi connectivity index (χ0v) is 20.6. The number of nitrogens with zero attached hydrogens (tertiary/aromatic N) is 2. The monoisotopic (exact) mass is 574 g/mol. The second-order valence-electron chi connectivity index (χ2n) is 6.62. The highest BCUT2D eigenvalue weighted by Crippen LogP contribution is 2.16. The molecule has 0 aliphatic carbocycles. The zero-order chi connectivity index (χ0) is 25.4. The van der Waals surface area contributed by atoms with E-state index in [4.69, 9.17) is 0 Å². The number of non-ortho nitro benzene ring substituents is 2. The number of halogens is 1. The lowest BCUT2D eigenvalue weighted by atomic mass is 10.3. The van der Waals surface area contributed by atoms with Gasteiger partial charge in [-0.05, 0) is 30.7 Å². The summed E-state index contributed by atoms with van der Waals surface area (Å²) in [6, 6.07) is 8.95. The number of nitro groups is 2. The number of nitrogens with one attached hydrogen (secondary N) is 2. The summed E-state index contributed by atoms with van der Waals surface area (Å²) in [7, 11) is -7.67. The highest BCUT2D eigenvalue weighted by atomic mass is 79.9. The number of nitro benzene ring substituents is 2. The van der Waals surface area contributed by atoms with Gasteiger partial charge in [-0.3, -0.25) is 20.2 Å². The second-order valence-corrected chi connectivity index (χ2v) is 11.3. The quantitative estimate of drug-likeness (QED) is 0.135. The molecule has 12 nitrogen and oxygen atoms in total. The summed E-state index contributed by atoms with van der Waals surface area (Å²) in [6.07, 6.45) is 0.497. The fraction of sp³-hybridized carbons (Fsp3) is 0.263. The molecule has 2 aromatic carbocycles. The largest absolute Gasteiger partial charge is 0.269 e. The minimum atomic E-state index is -3.83. The molecule has 2 aromatic rings. The normalized spacial score (nSPS) is 12.4.